The van der Waals surface area contributed by atoms with Crippen molar-refractivity contribution in [2.24, 2.45) is 0 Å². The Hall–Kier alpha value is -0.650. The Morgan fingerprint density at radius 1 is 1.50 bits per heavy atom. The molecule has 0 radical (unpaired) electrons. The minimum absolute atomic E-state index is 0.117. The zero-order valence-corrected chi connectivity index (χ0v) is 13.0. The van der Waals surface area contributed by atoms with Crippen LogP contribution in [0.25, 0.3) is 0 Å². The Morgan fingerprint density at radius 3 is 2.85 bits per heavy atom. The van der Waals surface area contributed by atoms with Crippen LogP contribution >= 0.6 is 0 Å². The van der Waals surface area contributed by atoms with Crippen molar-refractivity contribution in [3.8, 4) is 0 Å². The van der Waals surface area contributed by atoms with Gasteiger partial charge in [0, 0.05) is 25.7 Å². The summed E-state index contributed by atoms with van der Waals surface area (Å²) in [7, 11) is 0. The lowest BCUT2D eigenvalue weighted by Crippen LogP contribution is -2.54. The molecule has 116 valence electrons. The summed E-state index contributed by atoms with van der Waals surface area (Å²) in [5.74, 6) is -0.117. The smallest absolute Gasteiger partial charge is 0.326 e. The number of rotatable bonds is 7. The number of nitrogens with one attached hydrogen (secondary N) is 1. The summed E-state index contributed by atoms with van der Waals surface area (Å²) in [6.07, 6.45) is 3.41. The highest BCUT2D eigenvalue weighted by Crippen LogP contribution is 2.25. The molecular formula is C15H28N2O3. The third-order valence-electron chi connectivity index (χ3n) is 4.08. The first-order chi connectivity index (χ1) is 9.53. The molecule has 1 heterocycles. The van der Waals surface area contributed by atoms with Gasteiger partial charge in [-0.25, -0.2) is 0 Å². The summed E-state index contributed by atoms with van der Waals surface area (Å²) in [4.78, 5) is 14.6. The molecule has 2 atom stereocenters. The zero-order valence-electron chi connectivity index (χ0n) is 13.0. The molecule has 1 saturated heterocycles. The number of carbonyl (C=O) groups is 1. The summed E-state index contributed by atoms with van der Waals surface area (Å²) in [5, 5.41) is 3.47. The van der Waals surface area contributed by atoms with Crippen molar-refractivity contribution in [2.45, 2.75) is 57.7 Å². The van der Waals surface area contributed by atoms with Gasteiger partial charge in [-0.2, -0.15) is 0 Å². The topological polar surface area (TPSA) is 50.8 Å². The van der Waals surface area contributed by atoms with Gasteiger partial charge in [-0.05, 0) is 40.0 Å². The fourth-order valence-corrected chi connectivity index (χ4v) is 2.68. The summed E-state index contributed by atoms with van der Waals surface area (Å²) in [5.41, 5.74) is -0.557. The number of ether oxygens (including phenoxy) is 2. The van der Waals surface area contributed by atoms with E-state index in [1.54, 1.807) is 0 Å². The number of hydrogen-bond acceptors (Lipinski definition) is 5. The third kappa shape index (κ3) is 4.43. The van der Waals surface area contributed by atoms with Gasteiger partial charge >= 0.3 is 5.97 Å². The molecule has 0 aromatic heterocycles. The van der Waals surface area contributed by atoms with Crippen molar-refractivity contribution in [3.05, 3.63) is 0 Å². The molecule has 5 nitrogen and oxygen atoms in total. The standard InChI is InChI=1S/C15H28N2O3/c1-4-19-14(18)15(3,16-13-5-6-13)7-8-17-9-10-20-12(2)11-17/h12-13,16H,4-11H2,1-3H3. The van der Waals surface area contributed by atoms with Gasteiger partial charge in [0.15, 0.2) is 0 Å². The van der Waals surface area contributed by atoms with Gasteiger partial charge in [-0.1, -0.05) is 0 Å². The first kappa shape index (κ1) is 15.7. The third-order valence-corrected chi connectivity index (χ3v) is 4.08. The van der Waals surface area contributed by atoms with Gasteiger partial charge in [-0.3, -0.25) is 15.0 Å². The summed E-state index contributed by atoms with van der Waals surface area (Å²) < 4.78 is 10.8. The summed E-state index contributed by atoms with van der Waals surface area (Å²) >= 11 is 0. The maximum absolute atomic E-state index is 12.2. The van der Waals surface area contributed by atoms with Crippen molar-refractivity contribution in [3.63, 3.8) is 0 Å². The zero-order chi connectivity index (χ0) is 14.6. The molecule has 0 aromatic carbocycles. The van der Waals surface area contributed by atoms with E-state index in [-0.39, 0.29) is 12.1 Å². The van der Waals surface area contributed by atoms with Crippen LogP contribution in [0.1, 0.15) is 40.0 Å². The second-order valence-electron chi connectivity index (χ2n) is 6.20. The normalized spacial score (nSPS) is 27.1. The van der Waals surface area contributed by atoms with Crippen molar-refractivity contribution >= 4 is 5.97 Å². The monoisotopic (exact) mass is 284 g/mol. The second-order valence-corrected chi connectivity index (χ2v) is 6.20. The summed E-state index contributed by atoms with van der Waals surface area (Å²) in [6, 6.07) is 0.494. The SMILES string of the molecule is CCOC(=O)C(C)(CCN1CCOC(C)C1)NC1CC1. The Bertz CT molecular complexity index is 333. The maximum atomic E-state index is 12.2. The first-order valence-corrected chi connectivity index (χ1v) is 7.82. The molecular weight excluding hydrogens is 256 g/mol. The Labute approximate surface area is 122 Å². The molecule has 20 heavy (non-hydrogen) atoms. The molecule has 2 rings (SSSR count). The van der Waals surface area contributed by atoms with Crippen molar-refractivity contribution in [1.82, 2.24) is 10.2 Å². The van der Waals surface area contributed by atoms with Gasteiger partial charge in [0.1, 0.15) is 5.54 Å². The molecule has 0 spiro atoms. The van der Waals surface area contributed by atoms with Crippen LogP contribution in [0.4, 0.5) is 0 Å². The van der Waals surface area contributed by atoms with E-state index in [1.807, 2.05) is 13.8 Å². The first-order valence-electron chi connectivity index (χ1n) is 7.82. The van der Waals surface area contributed by atoms with Gasteiger partial charge in [0.05, 0.1) is 19.3 Å². The van der Waals surface area contributed by atoms with E-state index in [0.29, 0.717) is 12.6 Å². The minimum Gasteiger partial charge on any atom is -0.465 e. The van der Waals surface area contributed by atoms with Gasteiger partial charge in [0.25, 0.3) is 0 Å². The van der Waals surface area contributed by atoms with Crippen LogP contribution in [0.5, 0.6) is 0 Å². The Kier molecular flexibility index (Phi) is 5.41. The lowest BCUT2D eigenvalue weighted by molar-refractivity contribution is -0.151. The van der Waals surface area contributed by atoms with Gasteiger partial charge < -0.3 is 9.47 Å². The predicted octanol–water partition coefficient (Wildman–Crippen LogP) is 1.17. The van der Waals surface area contributed by atoms with Crippen LogP contribution in [0.15, 0.2) is 0 Å². The molecule has 0 aromatic rings. The highest BCUT2D eigenvalue weighted by atomic mass is 16.5. The molecule has 1 aliphatic heterocycles. The number of hydrogen-bond donors (Lipinski definition) is 1. The maximum Gasteiger partial charge on any atom is 0.326 e. The fraction of sp³-hybridized carbons (Fsp3) is 0.933. The average molecular weight is 284 g/mol. The van der Waals surface area contributed by atoms with Crippen LogP contribution < -0.4 is 5.32 Å². The summed E-state index contributed by atoms with van der Waals surface area (Å²) in [6.45, 7) is 9.96. The molecule has 2 fully saturated rings. The van der Waals surface area contributed by atoms with E-state index in [9.17, 15) is 4.79 Å². The molecule has 2 aliphatic rings. The Morgan fingerprint density at radius 2 is 2.25 bits per heavy atom. The van der Waals surface area contributed by atoms with Crippen molar-refractivity contribution < 1.29 is 14.3 Å². The van der Waals surface area contributed by atoms with E-state index >= 15 is 0 Å². The molecule has 1 N–H and O–H groups in total. The Balaban J connectivity index is 1.87. The lowest BCUT2D eigenvalue weighted by Gasteiger charge is -2.35. The molecule has 5 heteroatoms. The van der Waals surface area contributed by atoms with Crippen LogP contribution in [0.3, 0.4) is 0 Å². The molecule has 1 aliphatic carbocycles. The molecule has 0 amide bonds. The highest BCUT2D eigenvalue weighted by molar-refractivity contribution is 5.80. The number of morpholine rings is 1. The molecule has 0 bridgehead atoms. The molecule has 1 saturated carbocycles. The van der Waals surface area contributed by atoms with Crippen molar-refractivity contribution in [1.29, 1.82) is 0 Å². The van der Waals surface area contributed by atoms with E-state index in [2.05, 4.69) is 17.1 Å². The van der Waals surface area contributed by atoms with E-state index in [4.69, 9.17) is 9.47 Å². The number of carbonyl (C=O) groups excluding carboxylic acids is 1. The minimum atomic E-state index is -0.557. The largest absolute Gasteiger partial charge is 0.465 e. The van der Waals surface area contributed by atoms with Gasteiger partial charge in [0.2, 0.25) is 0 Å². The van der Waals surface area contributed by atoms with E-state index in [1.165, 1.54) is 12.8 Å². The average Bonchev–Trinajstić information content (AvgIpc) is 3.21. The lowest BCUT2D eigenvalue weighted by atomic mass is 9.97. The van der Waals surface area contributed by atoms with Crippen LogP contribution in [0.2, 0.25) is 0 Å². The molecule has 2 unspecified atom stereocenters. The van der Waals surface area contributed by atoms with E-state index < -0.39 is 5.54 Å². The highest BCUT2D eigenvalue weighted by Gasteiger charge is 2.39. The number of nitrogens with zero attached hydrogens (tertiary/aromatic N) is 1. The quantitative estimate of drug-likeness (QED) is 0.711. The predicted molar refractivity (Wildman–Crippen MR) is 77.7 cm³/mol. The fourth-order valence-electron chi connectivity index (χ4n) is 2.68. The van der Waals surface area contributed by atoms with Crippen LogP contribution in [0, 0.1) is 0 Å². The second kappa shape index (κ2) is 6.87. The van der Waals surface area contributed by atoms with Crippen LogP contribution in [-0.4, -0.2) is 61.4 Å². The van der Waals surface area contributed by atoms with E-state index in [0.717, 1.165) is 32.7 Å². The van der Waals surface area contributed by atoms with Gasteiger partial charge in [-0.15, -0.1) is 0 Å². The number of esters is 1. The van der Waals surface area contributed by atoms with Crippen molar-refractivity contribution in [2.75, 3.05) is 32.8 Å². The van der Waals surface area contributed by atoms with Crippen LogP contribution in [-0.2, 0) is 14.3 Å².